The van der Waals surface area contributed by atoms with Gasteiger partial charge in [-0.15, -0.1) is 11.8 Å². The van der Waals surface area contributed by atoms with Crippen molar-refractivity contribution in [1.29, 1.82) is 0 Å². The lowest BCUT2D eigenvalue weighted by Gasteiger charge is -2.18. The molecule has 1 N–H and O–H groups in total. The lowest BCUT2D eigenvalue weighted by atomic mass is 10.1. The van der Waals surface area contributed by atoms with Crippen molar-refractivity contribution in [3.8, 4) is 0 Å². The predicted octanol–water partition coefficient (Wildman–Crippen LogP) is 3.30. The van der Waals surface area contributed by atoms with Crippen molar-refractivity contribution in [2.75, 3.05) is 17.7 Å². The molecule has 3 heterocycles. The Morgan fingerprint density at radius 2 is 2.28 bits per heavy atom. The van der Waals surface area contributed by atoms with E-state index in [1.165, 1.54) is 34.6 Å². The molecule has 1 aliphatic rings. The van der Waals surface area contributed by atoms with E-state index in [0.717, 1.165) is 10.5 Å². The average Bonchev–Trinajstić information content (AvgIpc) is 3.02. The number of thioether (sulfide) groups is 1. The molecule has 0 saturated heterocycles. The van der Waals surface area contributed by atoms with Gasteiger partial charge in [-0.25, -0.2) is 18.7 Å². The normalized spacial score (nSPS) is 17.8. The van der Waals surface area contributed by atoms with Gasteiger partial charge < -0.3 is 10.1 Å². The van der Waals surface area contributed by atoms with Crippen LogP contribution in [0.1, 0.15) is 28.9 Å². The molecule has 0 radical (unpaired) electrons. The van der Waals surface area contributed by atoms with Crippen molar-refractivity contribution in [1.82, 2.24) is 14.6 Å². The quantitative estimate of drug-likeness (QED) is 0.622. The van der Waals surface area contributed by atoms with E-state index in [2.05, 4.69) is 15.4 Å². The number of rotatable bonds is 0. The third-order valence-corrected chi connectivity index (χ3v) is 5.02. The summed E-state index contributed by atoms with van der Waals surface area (Å²) >= 11 is 1.53. The van der Waals surface area contributed by atoms with Crippen molar-refractivity contribution in [3.05, 3.63) is 53.6 Å². The number of cyclic esters (lactones) is 1. The Morgan fingerprint density at radius 1 is 1.40 bits per heavy atom. The Labute approximate surface area is 147 Å². The van der Waals surface area contributed by atoms with Crippen LogP contribution in [0.3, 0.4) is 0 Å². The fourth-order valence-electron chi connectivity index (χ4n) is 2.75. The summed E-state index contributed by atoms with van der Waals surface area (Å²) in [6.07, 6.45) is 3.17. The number of carbonyl (C=O) groups is 1. The summed E-state index contributed by atoms with van der Waals surface area (Å²) in [6.45, 7) is 2.20. The molecule has 0 amide bonds. The fraction of sp³-hybridized carbons (Fsp3) is 0.235. The molecule has 1 aromatic carbocycles. The zero-order valence-corrected chi connectivity index (χ0v) is 14.2. The monoisotopic (exact) mass is 358 g/mol. The van der Waals surface area contributed by atoms with Gasteiger partial charge in [0.05, 0.1) is 12.2 Å². The molecule has 128 valence electrons. The molecule has 3 aromatic rings. The molecule has 8 heteroatoms. The van der Waals surface area contributed by atoms with Crippen LogP contribution >= 0.6 is 11.8 Å². The molecule has 0 spiro atoms. The number of fused-ring (bicyclic) bond motifs is 2. The molecule has 2 aromatic heterocycles. The molecular weight excluding hydrogens is 343 g/mol. The van der Waals surface area contributed by atoms with Crippen LogP contribution in [-0.4, -0.2) is 32.9 Å². The van der Waals surface area contributed by atoms with Gasteiger partial charge in [-0.1, -0.05) is 0 Å². The number of halogens is 1. The number of ether oxygens (including phenoxy) is 1. The lowest BCUT2D eigenvalue weighted by molar-refractivity contribution is 0.0532. The maximum atomic E-state index is 13.7. The molecule has 0 saturated carbocycles. The molecule has 0 aliphatic carbocycles. The van der Waals surface area contributed by atoms with E-state index < -0.39 is 5.97 Å². The number of aromatic nitrogens is 3. The van der Waals surface area contributed by atoms with Crippen molar-refractivity contribution in [2.24, 2.45) is 0 Å². The average molecular weight is 358 g/mol. The van der Waals surface area contributed by atoms with Gasteiger partial charge in [0.25, 0.3) is 0 Å². The lowest BCUT2D eigenvalue weighted by Crippen LogP contribution is -2.10. The molecule has 1 aliphatic heterocycles. The van der Waals surface area contributed by atoms with Crippen molar-refractivity contribution >= 4 is 29.2 Å². The topological polar surface area (TPSA) is 68.5 Å². The van der Waals surface area contributed by atoms with Crippen LogP contribution in [0, 0.1) is 5.82 Å². The van der Waals surface area contributed by atoms with Crippen LogP contribution in [0.2, 0.25) is 0 Å². The number of nitrogens with one attached hydrogen (secondary N) is 1. The zero-order valence-electron chi connectivity index (χ0n) is 13.4. The number of nitrogens with zero attached hydrogens (tertiary/aromatic N) is 3. The molecule has 25 heavy (non-hydrogen) atoms. The van der Waals surface area contributed by atoms with Gasteiger partial charge in [0.15, 0.2) is 5.65 Å². The predicted molar refractivity (Wildman–Crippen MR) is 92.4 cm³/mol. The second-order valence-corrected chi connectivity index (χ2v) is 6.81. The summed E-state index contributed by atoms with van der Waals surface area (Å²) < 4.78 is 20.6. The second kappa shape index (κ2) is 6.36. The van der Waals surface area contributed by atoms with Crippen molar-refractivity contribution in [3.63, 3.8) is 0 Å². The Hall–Kier alpha value is -2.61. The number of carbonyl (C=O) groups excluding carboxylic acids is 1. The van der Waals surface area contributed by atoms with E-state index in [-0.39, 0.29) is 18.5 Å². The fourth-order valence-corrected chi connectivity index (χ4v) is 3.70. The van der Waals surface area contributed by atoms with Crippen LogP contribution in [0.5, 0.6) is 0 Å². The first-order chi connectivity index (χ1) is 12.1. The Bertz CT molecular complexity index is 959. The van der Waals surface area contributed by atoms with Crippen LogP contribution in [0.4, 0.5) is 10.2 Å². The zero-order chi connectivity index (χ0) is 17.4. The first-order valence-electron chi connectivity index (χ1n) is 7.82. The first kappa shape index (κ1) is 15.9. The molecule has 2 bridgehead atoms. The van der Waals surface area contributed by atoms with E-state index in [4.69, 9.17) is 4.74 Å². The first-order valence-corrected chi connectivity index (χ1v) is 8.80. The highest BCUT2D eigenvalue weighted by molar-refractivity contribution is 7.99. The van der Waals surface area contributed by atoms with Gasteiger partial charge in [0, 0.05) is 16.8 Å². The summed E-state index contributed by atoms with van der Waals surface area (Å²) in [6, 6.07) is 6.31. The van der Waals surface area contributed by atoms with Crippen molar-refractivity contribution < 1.29 is 13.9 Å². The summed E-state index contributed by atoms with van der Waals surface area (Å²) in [5.41, 5.74) is 1.59. The Balaban J connectivity index is 1.80. The third-order valence-electron chi connectivity index (χ3n) is 3.97. The van der Waals surface area contributed by atoms with E-state index in [1.807, 2.05) is 6.92 Å². The van der Waals surface area contributed by atoms with Gasteiger partial charge in [-0.3, -0.25) is 0 Å². The number of anilines is 1. The highest BCUT2D eigenvalue weighted by Gasteiger charge is 2.19. The minimum atomic E-state index is -0.452. The molecule has 0 unspecified atom stereocenters. The molecule has 0 fully saturated rings. The van der Waals surface area contributed by atoms with Gasteiger partial charge in [0.1, 0.15) is 23.8 Å². The summed E-state index contributed by atoms with van der Waals surface area (Å²) in [5, 5.41) is 7.39. The van der Waals surface area contributed by atoms with Crippen LogP contribution in [-0.2, 0) is 4.74 Å². The van der Waals surface area contributed by atoms with Gasteiger partial charge in [-0.05, 0) is 36.8 Å². The standard InChI is InChI=1S/C17H15FN4O2S/c1-10-12-8-11(18)2-3-14(12)25-7-6-24-17(23)13-9-19-22-5-4-15(20-10)21-16(13)22/h2-5,8-10H,6-7H2,1H3,(H,20,21)/t10-/m1/s1. The molecule has 4 rings (SSSR count). The maximum Gasteiger partial charge on any atom is 0.343 e. The van der Waals surface area contributed by atoms with E-state index >= 15 is 0 Å². The summed E-state index contributed by atoms with van der Waals surface area (Å²) in [4.78, 5) is 17.7. The molecule has 6 nitrogen and oxygen atoms in total. The van der Waals surface area contributed by atoms with Crippen molar-refractivity contribution in [2.45, 2.75) is 17.9 Å². The minimum absolute atomic E-state index is 0.156. The van der Waals surface area contributed by atoms with Crippen LogP contribution < -0.4 is 5.32 Å². The molecular formula is C17H15FN4O2S. The number of hydrogen-bond donors (Lipinski definition) is 1. The van der Waals surface area contributed by atoms with E-state index in [1.54, 1.807) is 18.3 Å². The summed E-state index contributed by atoms with van der Waals surface area (Å²) in [7, 11) is 0. The number of benzene rings is 1. The van der Waals surface area contributed by atoms with Crippen LogP contribution in [0.25, 0.3) is 5.65 Å². The highest BCUT2D eigenvalue weighted by atomic mass is 32.2. The van der Waals surface area contributed by atoms with E-state index in [9.17, 15) is 9.18 Å². The van der Waals surface area contributed by atoms with Crippen LogP contribution in [0.15, 0.2) is 41.6 Å². The largest absolute Gasteiger partial charge is 0.461 e. The van der Waals surface area contributed by atoms with Gasteiger partial charge in [0.2, 0.25) is 0 Å². The number of hydrogen-bond acceptors (Lipinski definition) is 6. The minimum Gasteiger partial charge on any atom is -0.461 e. The molecule has 1 atom stereocenters. The van der Waals surface area contributed by atoms with E-state index in [0.29, 0.717) is 22.8 Å². The Kier molecular flexibility index (Phi) is 4.04. The third kappa shape index (κ3) is 3.05. The van der Waals surface area contributed by atoms with Gasteiger partial charge in [-0.2, -0.15) is 5.10 Å². The number of esters is 1. The maximum absolute atomic E-state index is 13.7. The Morgan fingerprint density at radius 3 is 3.16 bits per heavy atom. The smallest absolute Gasteiger partial charge is 0.343 e. The highest BCUT2D eigenvalue weighted by Crippen LogP contribution is 2.30. The summed E-state index contributed by atoms with van der Waals surface area (Å²) in [5.74, 6) is 0.415. The second-order valence-electron chi connectivity index (χ2n) is 5.67. The van der Waals surface area contributed by atoms with Gasteiger partial charge >= 0.3 is 5.97 Å². The SMILES string of the molecule is C[C@H]1Nc2ccn3ncc(c3n2)C(=O)OCCSc2ccc(F)cc21.